The van der Waals surface area contributed by atoms with E-state index < -0.39 is 30.4 Å². The summed E-state index contributed by atoms with van der Waals surface area (Å²) in [6.45, 7) is 3.36. The van der Waals surface area contributed by atoms with Crippen LogP contribution in [0.4, 0.5) is 24.8 Å². The Labute approximate surface area is 214 Å². The van der Waals surface area contributed by atoms with Crippen LogP contribution in [0.3, 0.4) is 0 Å². The third-order valence-electron chi connectivity index (χ3n) is 6.18. The second kappa shape index (κ2) is 10.0. The van der Waals surface area contributed by atoms with Crippen LogP contribution in [0.15, 0.2) is 36.7 Å². The molecular formula is C23H26F3N4O5PS. The SMILES string of the molecule is CCOP(=O)(O)C1(O)CCC(O)(c2ncc(-c3cc(C)cc(Nc4nccc(C(F)(F)F)n4)c3)s2)CC1. The van der Waals surface area contributed by atoms with E-state index in [1.165, 1.54) is 11.3 Å². The molecule has 3 aromatic rings. The summed E-state index contributed by atoms with van der Waals surface area (Å²) in [5.41, 5.74) is -0.446. The van der Waals surface area contributed by atoms with Crippen molar-refractivity contribution in [2.24, 2.45) is 0 Å². The molecule has 9 nitrogen and oxygen atoms in total. The second-order valence-electron chi connectivity index (χ2n) is 8.96. The van der Waals surface area contributed by atoms with Crippen LogP contribution in [0.25, 0.3) is 10.4 Å². The maximum Gasteiger partial charge on any atom is 0.433 e. The highest BCUT2D eigenvalue weighted by Gasteiger charge is 2.53. The molecule has 1 fully saturated rings. The maximum absolute atomic E-state index is 13.0. The Hall–Kier alpha value is -2.41. The first-order valence-electron chi connectivity index (χ1n) is 11.4. The van der Waals surface area contributed by atoms with Crippen LogP contribution in [0, 0.1) is 6.92 Å². The predicted molar refractivity (Wildman–Crippen MR) is 131 cm³/mol. The average Bonchev–Trinajstić information content (AvgIpc) is 3.32. The summed E-state index contributed by atoms with van der Waals surface area (Å²) in [6, 6.07) is 6.10. The van der Waals surface area contributed by atoms with Crippen molar-refractivity contribution in [2.45, 2.75) is 56.7 Å². The number of anilines is 2. The lowest BCUT2D eigenvalue weighted by atomic mass is 9.83. The van der Waals surface area contributed by atoms with Gasteiger partial charge >= 0.3 is 13.8 Å². The number of hydrogen-bond donors (Lipinski definition) is 4. The Morgan fingerprint density at radius 1 is 1.16 bits per heavy atom. The number of alkyl halides is 3. The molecule has 4 rings (SSSR count). The third-order valence-corrected chi connectivity index (χ3v) is 9.52. The van der Waals surface area contributed by atoms with Crippen molar-refractivity contribution in [3.63, 3.8) is 0 Å². The molecule has 0 saturated heterocycles. The molecule has 14 heteroatoms. The minimum atomic E-state index is -4.59. The molecule has 200 valence electrons. The molecule has 0 bridgehead atoms. The number of aryl methyl sites for hydroxylation is 1. The fraction of sp³-hybridized carbons (Fsp3) is 0.435. The van der Waals surface area contributed by atoms with E-state index in [4.69, 9.17) is 4.52 Å². The van der Waals surface area contributed by atoms with E-state index in [1.54, 1.807) is 25.3 Å². The summed E-state index contributed by atoms with van der Waals surface area (Å²) in [6.07, 6.45) is -2.23. The fourth-order valence-electron chi connectivity index (χ4n) is 4.18. The van der Waals surface area contributed by atoms with Crippen LogP contribution in [0.2, 0.25) is 0 Å². The molecule has 1 aliphatic carbocycles. The van der Waals surface area contributed by atoms with Crippen molar-refractivity contribution < 1.29 is 37.4 Å². The highest BCUT2D eigenvalue weighted by molar-refractivity contribution is 7.54. The van der Waals surface area contributed by atoms with Gasteiger partial charge in [-0.15, -0.1) is 11.3 Å². The average molecular weight is 559 g/mol. The molecule has 1 saturated carbocycles. The lowest BCUT2D eigenvalue weighted by Crippen LogP contribution is -2.41. The van der Waals surface area contributed by atoms with Crippen molar-refractivity contribution >= 4 is 30.6 Å². The van der Waals surface area contributed by atoms with Gasteiger partial charge in [-0.1, -0.05) is 6.07 Å². The van der Waals surface area contributed by atoms with Crippen molar-refractivity contribution in [2.75, 3.05) is 11.9 Å². The molecule has 2 aromatic heterocycles. The lowest BCUT2D eigenvalue weighted by molar-refractivity contribution is -0.141. The van der Waals surface area contributed by atoms with E-state index in [-0.39, 0.29) is 38.2 Å². The molecule has 0 aliphatic heterocycles. The van der Waals surface area contributed by atoms with Gasteiger partial charge in [-0.2, -0.15) is 13.2 Å². The highest BCUT2D eigenvalue weighted by Crippen LogP contribution is 2.62. The van der Waals surface area contributed by atoms with Crippen molar-refractivity contribution in [1.29, 1.82) is 0 Å². The summed E-state index contributed by atoms with van der Waals surface area (Å²) in [5, 5.41) is 23.2. The van der Waals surface area contributed by atoms with Crippen molar-refractivity contribution in [3.05, 3.63) is 52.9 Å². The van der Waals surface area contributed by atoms with E-state index in [9.17, 15) is 32.8 Å². The van der Waals surface area contributed by atoms with Crippen LogP contribution in [0.1, 0.15) is 48.9 Å². The molecule has 0 spiro atoms. The Balaban J connectivity index is 1.54. The standard InChI is InChI=1S/C23H26F3N4O5PS/c1-3-35-36(33,34)22(32)7-5-21(31,6-8-22)19-28-13-17(37-19)15-10-14(2)11-16(12-15)29-20-27-9-4-18(30-20)23(24,25)26/h4,9-13,31-32H,3,5-8H2,1-2H3,(H,33,34)(H,27,29,30). The normalized spacial score (nSPS) is 24.0. The largest absolute Gasteiger partial charge is 0.433 e. The van der Waals surface area contributed by atoms with E-state index in [0.29, 0.717) is 21.1 Å². The van der Waals surface area contributed by atoms with Gasteiger partial charge in [0.05, 0.1) is 11.5 Å². The van der Waals surface area contributed by atoms with Crippen LogP contribution in [0.5, 0.6) is 0 Å². The van der Waals surface area contributed by atoms with Crippen molar-refractivity contribution in [3.8, 4) is 10.4 Å². The molecule has 0 amide bonds. The minimum Gasteiger partial charge on any atom is -0.383 e. The number of nitrogens with one attached hydrogen (secondary N) is 1. The van der Waals surface area contributed by atoms with Gasteiger partial charge in [0.25, 0.3) is 0 Å². The predicted octanol–water partition coefficient (Wildman–Crippen LogP) is 5.34. The zero-order valence-electron chi connectivity index (χ0n) is 20.0. The Morgan fingerprint density at radius 3 is 2.51 bits per heavy atom. The molecule has 37 heavy (non-hydrogen) atoms. The number of aromatic nitrogens is 3. The minimum absolute atomic E-state index is 0.0155. The molecule has 1 atom stereocenters. The van der Waals surface area contributed by atoms with Gasteiger partial charge < -0.3 is 24.9 Å². The van der Waals surface area contributed by atoms with E-state index >= 15 is 0 Å². The first-order chi connectivity index (χ1) is 17.2. The van der Waals surface area contributed by atoms with Crippen LogP contribution < -0.4 is 5.32 Å². The van der Waals surface area contributed by atoms with E-state index in [0.717, 1.165) is 17.8 Å². The smallest absolute Gasteiger partial charge is 0.383 e. The van der Waals surface area contributed by atoms with Gasteiger partial charge in [0.1, 0.15) is 16.3 Å². The summed E-state index contributed by atoms with van der Waals surface area (Å²) in [5.74, 6) is -0.200. The molecule has 1 unspecified atom stereocenters. The number of hydrogen-bond acceptors (Lipinski definition) is 9. The molecule has 1 aliphatic rings. The topological polar surface area (TPSA) is 138 Å². The van der Waals surface area contributed by atoms with Gasteiger partial charge in [0.2, 0.25) is 5.95 Å². The lowest BCUT2D eigenvalue weighted by Gasteiger charge is -2.41. The Kier molecular flexibility index (Phi) is 7.50. The van der Waals surface area contributed by atoms with Gasteiger partial charge in [-0.05, 0) is 68.9 Å². The second-order valence-corrected chi connectivity index (χ2v) is 12.1. The van der Waals surface area contributed by atoms with Gasteiger partial charge in [-0.3, -0.25) is 4.57 Å². The summed E-state index contributed by atoms with van der Waals surface area (Å²) < 4.78 is 56.3. The first kappa shape index (κ1) is 27.6. The Bertz CT molecular complexity index is 1330. The molecular weight excluding hydrogens is 532 g/mol. The molecule has 1 aromatic carbocycles. The van der Waals surface area contributed by atoms with Crippen LogP contribution in [-0.4, -0.2) is 42.0 Å². The van der Waals surface area contributed by atoms with Crippen molar-refractivity contribution in [1.82, 2.24) is 15.0 Å². The van der Waals surface area contributed by atoms with Gasteiger partial charge in [0.15, 0.2) is 5.34 Å². The van der Waals surface area contributed by atoms with Gasteiger partial charge in [-0.25, -0.2) is 15.0 Å². The van der Waals surface area contributed by atoms with Gasteiger partial charge in [0, 0.05) is 18.1 Å². The Morgan fingerprint density at radius 2 is 1.86 bits per heavy atom. The van der Waals surface area contributed by atoms with E-state index in [2.05, 4.69) is 20.3 Å². The number of thiazole rings is 1. The number of rotatable bonds is 7. The highest BCUT2D eigenvalue weighted by atomic mass is 32.1. The summed E-state index contributed by atoms with van der Waals surface area (Å²) in [7, 11) is -4.28. The molecule has 2 heterocycles. The number of nitrogens with zero attached hydrogens (tertiary/aromatic N) is 3. The van der Waals surface area contributed by atoms with Crippen LogP contribution >= 0.6 is 18.9 Å². The van der Waals surface area contributed by atoms with E-state index in [1.807, 2.05) is 13.0 Å². The fourth-order valence-corrected chi connectivity index (χ4v) is 6.61. The molecule has 4 N–H and O–H groups in total. The molecule has 0 radical (unpaired) electrons. The maximum atomic E-state index is 13.0. The monoisotopic (exact) mass is 558 g/mol. The zero-order chi connectivity index (χ0) is 27.1. The summed E-state index contributed by atoms with van der Waals surface area (Å²) >= 11 is 1.23. The summed E-state index contributed by atoms with van der Waals surface area (Å²) in [4.78, 5) is 22.6. The number of aliphatic hydroxyl groups is 2. The zero-order valence-corrected chi connectivity index (χ0v) is 21.7. The van der Waals surface area contributed by atoms with Crippen LogP contribution in [-0.2, 0) is 20.9 Å². The third kappa shape index (κ3) is 5.87. The first-order valence-corrected chi connectivity index (χ1v) is 13.8. The number of benzene rings is 1. The number of halogens is 3. The quantitative estimate of drug-likeness (QED) is 0.283.